The molecule has 0 atom stereocenters. The number of nitrogens with two attached hydrogens (primary N) is 1. The molecule has 0 aliphatic rings. The summed E-state index contributed by atoms with van der Waals surface area (Å²) in [5.41, 5.74) is 8.44. The number of azo groups is 1. The molecule has 16 heteroatoms. The van der Waals surface area contributed by atoms with Gasteiger partial charge in [-0.1, -0.05) is 11.3 Å². The first-order valence-electron chi connectivity index (χ1n) is 9.36. The number of hydrogen-bond donors (Lipinski definition) is 5. The monoisotopic (exact) mass is 519 g/mol. The number of amides is 2. The summed E-state index contributed by atoms with van der Waals surface area (Å²) in [6, 6.07) is 13.9. The Labute approximate surface area is 199 Å². The van der Waals surface area contributed by atoms with E-state index in [1.165, 1.54) is 30.3 Å². The fraction of sp³-hybridized carbons (Fsp3) is 0. The zero-order valence-electron chi connectivity index (χ0n) is 17.5. The van der Waals surface area contributed by atoms with Crippen LogP contribution in [-0.2, 0) is 20.2 Å². The first-order valence-corrected chi connectivity index (χ1v) is 12.2. The summed E-state index contributed by atoms with van der Waals surface area (Å²) in [6.45, 7) is 0. The number of anilines is 2. The number of carbonyl (C=O) groups is 1. The molecule has 2 amide bonds. The Morgan fingerprint density at radius 3 is 2.03 bits per heavy atom. The van der Waals surface area contributed by atoms with Crippen molar-refractivity contribution in [3.05, 3.63) is 66.7 Å². The van der Waals surface area contributed by atoms with Crippen LogP contribution in [0, 0.1) is 0 Å². The zero-order chi connectivity index (χ0) is 25.6. The number of rotatable bonds is 8. The molecule has 0 aliphatic heterocycles. The minimum Gasteiger partial charge on any atom is -0.351 e. The molecule has 0 spiro atoms. The van der Waals surface area contributed by atoms with Gasteiger partial charge in [0.2, 0.25) is 0 Å². The third-order valence-electron chi connectivity index (χ3n) is 4.10. The second-order valence-electron chi connectivity index (χ2n) is 6.68. The van der Waals surface area contributed by atoms with E-state index in [9.17, 15) is 26.2 Å². The predicted octanol–water partition coefficient (Wildman–Crippen LogP) is 4.20. The van der Waals surface area contributed by atoms with Crippen molar-refractivity contribution in [1.82, 2.24) is 0 Å². The molecule has 0 saturated heterocycles. The maximum atomic E-state index is 11.8. The van der Waals surface area contributed by atoms with Crippen molar-refractivity contribution in [3.63, 3.8) is 0 Å². The Hall–Kier alpha value is -4.25. The van der Waals surface area contributed by atoms with Gasteiger partial charge in [-0.2, -0.15) is 27.1 Å². The lowest BCUT2D eigenvalue weighted by atomic mass is 10.3. The molecule has 0 fully saturated rings. The molecule has 0 unspecified atom stereocenters. The highest BCUT2D eigenvalue weighted by Crippen LogP contribution is 2.30. The molecule has 0 heterocycles. The summed E-state index contributed by atoms with van der Waals surface area (Å²) >= 11 is 0. The van der Waals surface area contributed by atoms with Crippen molar-refractivity contribution in [1.29, 1.82) is 0 Å². The highest BCUT2D eigenvalue weighted by Gasteiger charge is 2.17. The first kappa shape index (κ1) is 25.4. The van der Waals surface area contributed by atoms with Crippen molar-refractivity contribution in [2.24, 2.45) is 26.3 Å². The Morgan fingerprint density at radius 1 is 0.771 bits per heavy atom. The molecule has 0 bridgehead atoms. The number of urea groups is 1. The van der Waals surface area contributed by atoms with E-state index in [1.807, 2.05) is 0 Å². The lowest BCUT2D eigenvalue weighted by Crippen LogP contribution is -2.19. The van der Waals surface area contributed by atoms with Crippen LogP contribution >= 0.6 is 0 Å². The lowest BCUT2D eigenvalue weighted by Gasteiger charge is -2.05. The molecule has 6 N–H and O–H groups in total. The molecule has 3 aromatic rings. The average molecular weight is 520 g/mol. The quantitative estimate of drug-likeness (QED) is 0.164. The number of benzene rings is 3. The summed E-state index contributed by atoms with van der Waals surface area (Å²) in [7, 11) is -9.07. The number of hydrogen-bond acceptors (Lipinski definition) is 9. The SMILES string of the molecule is NC(=O)Nc1cccc(NN=Nc2ccc(N=Nc3ccc(S(=O)(=O)O)cc3)cc2S(=O)(=O)O)c1. The van der Waals surface area contributed by atoms with Crippen LogP contribution < -0.4 is 16.5 Å². The maximum absolute atomic E-state index is 11.8. The van der Waals surface area contributed by atoms with Gasteiger partial charge in [0.05, 0.1) is 22.0 Å². The van der Waals surface area contributed by atoms with Gasteiger partial charge in [-0.25, -0.2) is 4.79 Å². The Bertz CT molecular complexity index is 1520. The van der Waals surface area contributed by atoms with Gasteiger partial charge >= 0.3 is 6.03 Å². The van der Waals surface area contributed by atoms with Gasteiger partial charge < -0.3 is 11.1 Å². The number of primary amides is 1. The van der Waals surface area contributed by atoms with E-state index >= 15 is 0 Å². The van der Waals surface area contributed by atoms with Gasteiger partial charge in [0.1, 0.15) is 10.6 Å². The average Bonchev–Trinajstić information content (AvgIpc) is 2.77. The number of nitrogens with zero attached hydrogens (tertiary/aromatic N) is 4. The first-order chi connectivity index (χ1) is 16.4. The van der Waals surface area contributed by atoms with Crippen molar-refractivity contribution < 1.29 is 30.7 Å². The number of nitrogens with one attached hydrogen (secondary N) is 2. The largest absolute Gasteiger partial charge is 0.351 e. The summed E-state index contributed by atoms with van der Waals surface area (Å²) < 4.78 is 64.3. The summed E-state index contributed by atoms with van der Waals surface area (Å²) in [4.78, 5) is 10.0. The van der Waals surface area contributed by atoms with Gasteiger partial charge in [0, 0.05) is 5.69 Å². The Kier molecular flexibility index (Phi) is 7.50. The van der Waals surface area contributed by atoms with Crippen LogP contribution in [0.5, 0.6) is 0 Å². The van der Waals surface area contributed by atoms with Crippen LogP contribution in [0.2, 0.25) is 0 Å². The van der Waals surface area contributed by atoms with Gasteiger partial charge in [0.25, 0.3) is 20.2 Å². The summed E-state index contributed by atoms with van der Waals surface area (Å²) in [5, 5.41) is 17.5. The van der Waals surface area contributed by atoms with E-state index in [0.29, 0.717) is 11.4 Å². The molecular weight excluding hydrogens is 502 g/mol. The third-order valence-corrected chi connectivity index (χ3v) is 5.85. The third kappa shape index (κ3) is 7.37. The van der Waals surface area contributed by atoms with Crippen molar-refractivity contribution >= 4 is 54.7 Å². The van der Waals surface area contributed by atoms with Gasteiger partial charge in [0.15, 0.2) is 0 Å². The minimum absolute atomic E-state index is 0.0358. The predicted molar refractivity (Wildman–Crippen MR) is 124 cm³/mol. The molecule has 14 nitrogen and oxygen atoms in total. The molecular formula is C19H17N7O7S2. The van der Waals surface area contributed by atoms with E-state index < -0.39 is 31.2 Å². The fourth-order valence-corrected chi connectivity index (χ4v) is 3.72. The maximum Gasteiger partial charge on any atom is 0.316 e. The zero-order valence-corrected chi connectivity index (χ0v) is 19.1. The topological polar surface area (TPSA) is 225 Å². The van der Waals surface area contributed by atoms with Crippen LogP contribution in [0.1, 0.15) is 0 Å². The molecule has 0 aliphatic carbocycles. The Balaban J connectivity index is 1.80. The minimum atomic E-state index is -4.72. The van der Waals surface area contributed by atoms with E-state index in [2.05, 4.69) is 31.3 Å². The standard InChI is InChI=1S/C19H17N7O7S2/c20-19(27)21-13-2-1-3-14(10-13)24-26-25-17-9-6-15(11-18(17)35(31,32)33)23-22-12-4-7-16(8-5-12)34(28,29)30/h1-11H,(H,24,25)(H3,20,21,27)(H,28,29,30)(H,31,32,33). The smallest absolute Gasteiger partial charge is 0.316 e. The van der Waals surface area contributed by atoms with Gasteiger partial charge in [-0.15, -0.1) is 5.11 Å². The van der Waals surface area contributed by atoms with Crippen molar-refractivity contribution in [3.8, 4) is 0 Å². The molecule has 3 aromatic carbocycles. The van der Waals surface area contributed by atoms with Crippen LogP contribution in [0.15, 0.2) is 97.1 Å². The van der Waals surface area contributed by atoms with Gasteiger partial charge in [-0.05, 0) is 60.7 Å². The fourth-order valence-electron chi connectivity index (χ4n) is 2.60. The second-order valence-corrected chi connectivity index (χ2v) is 9.49. The molecule has 3 rings (SSSR count). The van der Waals surface area contributed by atoms with Crippen LogP contribution in [-0.4, -0.2) is 32.0 Å². The van der Waals surface area contributed by atoms with Crippen LogP contribution in [0.3, 0.4) is 0 Å². The highest BCUT2D eigenvalue weighted by atomic mass is 32.2. The lowest BCUT2D eigenvalue weighted by molar-refractivity contribution is 0.259. The van der Waals surface area contributed by atoms with Crippen LogP contribution in [0.25, 0.3) is 0 Å². The molecule has 0 radical (unpaired) electrons. The highest BCUT2D eigenvalue weighted by molar-refractivity contribution is 7.86. The number of carbonyl (C=O) groups excluding carboxylic acids is 1. The van der Waals surface area contributed by atoms with E-state index in [1.54, 1.807) is 18.2 Å². The molecule has 0 saturated carbocycles. The van der Waals surface area contributed by atoms with Crippen molar-refractivity contribution in [2.45, 2.75) is 9.79 Å². The van der Waals surface area contributed by atoms with E-state index in [4.69, 9.17) is 10.3 Å². The molecule has 0 aromatic heterocycles. The summed E-state index contributed by atoms with van der Waals surface area (Å²) in [5.74, 6) is 0. The van der Waals surface area contributed by atoms with E-state index in [-0.39, 0.29) is 22.0 Å². The summed E-state index contributed by atoms with van der Waals surface area (Å²) in [6.07, 6.45) is 0. The molecule has 35 heavy (non-hydrogen) atoms. The van der Waals surface area contributed by atoms with Gasteiger partial charge in [-0.3, -0.25) is 14.5 Å². The van der Waals surface area contributed by atoms with E-state index in [0.717, 1.165) is 18.2 Å². The Morgan fingerprint density at radius 2 is 1.40 bits per heavy atom. The van der Waals surface area contributed by atoms with Crippen LogP contribution in [0.4, 0.5) is 33.2 Å². The molecule has 182 valence electrons. The van der Waals surface area contributed by atoms with Crippen molar-refractivity contribution in [2.75, 3.05) is 10.7 Å². The second kappa shape index (κ2) is 10.3. The normalized spacial score (nSPS) is 12.2.